The van der Waals surface area contributed by atoms with Gasteiger partial charge in [-0.15, -0.1) is 0 Å². The van der Waals surface area contributed by atoms with Gasteiger partial charge in [-0.1, -0.05) is 0 Å². The van der Waals surface area contributed by atoms with E-state index in [0.717, 1.165) is 40.3 Å². The predicted octanol–water partition coefficient (Wildman–Crippen LogP) is 2.26. The quantitative estimate of drug-likeness (QED) is 0.359. The van der Waals surface area contributed by atoms with Gasteiger partial charge < -0.3 is 10.0 Å². The second kappa shape index (κ2) is 8.10. The van der Waals surface area contributed by atoms with E-state index in [1.807, 2.05) is 6.07 Å². The summed E-state index contributed by atoms with van der Waals surface area (Å²) in [5.41, 5.74) is 0.269. The van der Waals surface area contributed by atoms with Crippen LogP contribution >= 0.6 is 12.2 Å². The number of benzene rings is 1. The minimum Gasteiger partial charge on any atom is -0.494 e. The Kier molecular flexibility index (Phi) is 5.17. The van der Waals surface area contributed by atoms with E-state index >= 15 is 0 Å². The van der Waals surface area contributed by atoms with Crippen molar-refractivity contribution in [1.82, 2.24) is 19.4 Å². The molecule has 1 aliphatic carbocycles. The van der Waals surface area contributed by atoms with Crippen LogP contribution in [0.15, 0.2) is 28.0 Å². The van der Waals surface area contributed by atoms with Crippen molar-refractivity contribution in [2.75, 3.05) is 25.5 Å². The van der Waals surface area contributed by atoms with Gasteiger partial charge in [-0.25, -0.2) is 4.79 Å². The number of carbonyl (C=O) groups is 3. The lowest BCUT2D eigenvalue weighted by Crippen LogP contribution is -2.70. The molecule has 4 aliphatic rings. The zero-order valence-corrected chi connectivity index (χ0v) is 21.2. The van der Waals surface area contributed by atoms with E-state index in [2.05, 4.69) is 14.9 Å². The predicted molar refractivity (Wildman–Crippen MR) is 137 cm³/mol. The molecule has 4 heterocycles. The van der Waals surface area contributed by atoms with Crippen LogP contribution in [0.2, 0.25) is 0 Å². The average Bonchev–Trinajstić information content (AvgIpc) is 3.58. The van der Waals surface area contributed by atoms with Crippen LogP contribution < -0.4 is 10.5 Å². The van der Waals surface area contributed by atoms with Crippen LogP contribution in [0.25, 0.3) is 0 Å². The number of hydrogen-bond donors (Lipinski definition) is 2. The number of anilines is 1. The third-order valence-electron chi connectivity index (χ3n) is 8.02. The Bertz CT molecular complexity index is 1500. The lowest BCUT2D eigenvalue weighted by Gasteiger charge is -2.50. The highest BCUT2D eigenvalue weighted by molar-refractivity contribution is 7.71. The van der Waals surface area contributed by atoms with Gasteiger partial charge >= 0.3 is 6.03 Å². The number of imide groups is 2. The van der Waals surface area contributed by atoms with Crippen molar-refractivity contribution in [3.05, 3.63) is 44.5 Å². The number of hydrogen-bond acceptors (Lipinski definition) is 8. The molecule has 2 saturated heterocycles. The first kappa shape index (κ1) is 23.6. The maximum atomic E-state index is 13.5. The third-order valence-corrected chi connectivity index (χ3v) is 8.32. The standard InChI is InChI=1S/C25H26N6O5S/c1-28-21(34)25(22(35)29(2)24(28)36)11-13-10-14(5-8-17(13)30-9-3-4-18(25)30)26-12-16-19(32)27-23(37)31(20(16)33)15-6-7-15/h5,8,10,12,15,18,33H,3-4,6-7,9,11H2,1-2H3,(H,27,32,37)/t18-/m1/s1. The van der Waals surface area contributed by atoms with Gasteiger partial charge in [0, 0.05) is 38.6 Å². The van der Waals surface area contributed by atoms with E-state index < -0.39 is 28.8 Å². The summed E-state index contributed by atoms with van der Waals surface area (Å²) < 4.78 is 1.72. The molecule has 3 fully saturated rings. The number of urea groups is 1. The molecule has 0 unspecified atom stereocenters. The third kappa shape index (κ3) is 3.31. The maximum absolute atomic E-state index is 13.5. The number of H-pyrrole nitrogens is 1. The summed E-state index contributed by atoms with van der Waals surface area (Å²) in [6.07, 6.45) is 4.71. The van der Waals surface area contributed by atoms with Crippen LogP contribution in [0.3, 0.4) is 0 Å². The second-order valence-corrected chi connectivity index (χ2v) is 10.6. The number of carbonyl (C=O) groups excluding carboxylic acids is 3. The summed E-state index contributed by atoms with van der Waals surface area (Å²) >= 11 is 5.20. The molecule has 37 heavy (non-hydrogen) atoms. The molecule has 2 N–H and O–H groups in total. The molecule has 11 nitrogen and oxygen atoms in total. The first-order valence-electron chi connectivity index (χ1n) is 12.3. The molecule has 1 spiro atoms. The highest BCUT2D eigenvalue weighted by atomic mass is 32.1. The second-order valence-electron chi connectivity index (χ2n) is 10.2. The van der Waals surface area contributed by atoms with Crippen molar-refractivity contribution in [2.24, 2.45) is 10.4 Å². The number of amides is 4. The first-order chi connectivity index (χ1) is 17.6. The highest BCUT2D eigenvalue weighted by Gasteiger charge is 2.63. The van der Waals surface area contributed by atoms with E-state index in [4.69, 9.17) is 12.2 Å². The Morgan fingerprint density at radius 1 is 1.11 bits per heavy atom. The average molecular weight is 523 g/mol. The Morgan fingerprint density at radius 2 is 1.81 bits per heavy atom. The number of rotatable bonds is 3. The van der Waals surface area contributed by atoms with Gasteiger partial charge in [0.05, 0.1) is 11.7 Å². The molecule has 3 aliphatic heterocycles. The SMILES string of the molecule is CN1C(=O)N(C)C(=O)C2(Cc3cc(N=Cc4c(O)n(C5CC5)c(=S)[nH]c4=O)ccc3N3CCC[C@@H]32)C1=O. The van der Waals surface area contributed by atoms with Crippen molar-refractivity contribution < 1.29 is 19.5 Å². The van der Waals surface area contributed by atoms with Gasteiger partial charge in [0.1, 0.15) is 5.56 Å². The van der Waals surface area contributed by atoms with Gasteiger partial charge in [0.2, 0.25) is 17.7 Å². The molecular weight excluding hydrogens is 496 g/mol. The summed E-state index contributed by atoms with van der Waals surface area (Å²) in [4.78, 5) is 63.2. The number of fused-ring (bicyclic) bond motifs is 4. The van der Waals surface area contributed by atoms with Crippen LogP contribution in [0.1, 0.15) is 42.9 Å². The van der Waals surface area contributed by atoms with Crippen LogP contribution in [0.5, 0.6) is 5.88 Å². The summed E-state index contributed by atoms with van der Waals surface area (Å²) in [7, 11) is 2.83. The Morgan fingerprint density at radius 3 is 2.49 bits per heavy atom. The minimum absolute atomic E-state index is 0.00805. The van der Waals surface area contributed by atoms with Crippen molar-refractivity contribution in [2.45, 2.75) is 44.2 Å². The number of nitrogens with zero attached hydrogens (tertiary/aromatic N) is 5. The first-order valence-corrected chi connectivity index (χ1v) is 12.7. The summed E-state index contributed by atoms with van der Waals surface area (Å²) in [6, 6.07) is 4.60. The molecule has 4 amide bonds. The van der Waals surface area contributed by atoms with Crippen LogP contribution in [0.4, 0.5) is 16.2 Å². The van der Waals surface area contributed by atoms with E-state index in [1.165, 1.54) is 24.9 Å². The summed E-state index contributed by atoms with van der Waals surface area (Å²) in [5, 5.41) is 10.7. The highest BCUT2D eigenvalue weighted by Crippen LogP contribution is 2.49. The van der Waals surface area contributed by atoms with Crippen molar-refractivity contribution >= 4 is 47.7 Å². The van der Waals surface area contributed by atoms with Crippen LogP contribution in [-0.4, -0.2) is 75.2 Å². The largest absolute Gasteiger partial charge is 0.494 e. The van der Waals surface area contributed by atoms with Crippen LogP contribution in [-0.2, 0) is 16.0 Å². The zero-order chi connectivity index (χ0) is 26.2. The van der Waals surface area contributed by atoms with Gasteiger partial charge in [0.15, 0.2) is 10.2 Å². The van der Waals surface area contributed by atoms with Crippen molar-refractivity contribution in [1.29, 1.82) is 0 Å². The Hall–Kier alpha value is -3.80. The van der Waals surface area contributed by atoms with Gasteiger partial charge in [-0.2, -0.15) is 0 Å². The molecule has 1 aromatic carbocycles. The number of aromatic nitrogens is 2. The molecule has 1 saturated carbocycles. The normalized spacial score (nSPS) is 22.8. The van der Waals surface area contributed by atoms with Gasteiger partial charge in [-0.3, -0.25) is 38.7 Å². The van der Waals surface area contributed by atoms with E-state index in [1.54, 1.807) is 12.1 Å². The Balaban J connectivity index is 1.41. The number of aromatic amines is 1. The molecule has 0 radical (unpaired) electrons. The van der Waals surface area contributed by atoms with Crippen LogP contribution in [0, 0.1) is 10.2 Å². The molecule has 1 atom stereocenters. The number of nitrogens with one attached hydrogen (secondary N) is 1. The number of aromatic hydroxyl groups is 1. The fourth-order valence-corrected chi connectivity index (χ4v) is 6.39. The maximum Gasteiger partial charge on any atom is 0.332 e. The van der Waals surface area contributed by atoms with Gasteiger partial charge in [-0.05, 0) is 68.1 Å². The molecule has 192 valence electrons. The molecular formula is C25H26N6O5S. The number of barbiturate groups is 1. The van der Waals surface area contributed by atoms with E-state index in [-0.39, 0.29) is 34.7 Å². The van der Waals surface area contributed by atoms with E-state index in [9.17, 15) is 24.3 Å². The molecule has 6 rings (SSSR count). The lowest BCUT2D eigenvalue weighted by molar-refractivity contribution is -0.159. The van der Waals surface area contributed by atoms with Gasteiger partial charge in [0.25, 0.3) is 5.56 Å². The molecule has 0 bridgehead atoms. The molecule has 12 heteroatoms. The fourth-order valence-electron chi connectivity index (χ4n) is 6.06. The molecule has 2 aromatic rings. The van der Waals surface area contributed by atoms with Crippen molar-refractivity contribution in [3.8, 4) is 5.88 Å². The summed E-state index contributed by atoms with van der Waals surface area (Å²) in [5.74, 6) is -1.18. The lowest BCUT2D eigenvalue weighted by atomic mass is 9.68. The van der Waals surface area contributed by atoms with Crippen molar-refractivity contribution in [3.63, 3.8) is 0 Å². The van der Waals surface area contributed by atoms with E-state index in [0.29, 0.717) is 18.7 Å². The number of aliphatic imine (C=N–C) groups is 1. The molecule has 1 aromatic heterocycles. The smallest absolute Gasteiger partial charge is 0.332 e. The Labute approximate surface area is 217 Å². The zero-order valence-electron chi connectivity index (χ0n) is 20.4. The monoisotopic (exact) mass is 522 g/mol. The summed E-state index contributed by atoms with van der Waals surface area (Å²) in [6.45, 7) is 0.696. The fraction of sp³-hybridized carbons (Fsp3) is 0.440. The minimum atomic E-state index is -1.40. The topological polar surface area (TPSA) is 131 Å².